The number of benzene rings is 1. The third kappa shape index (κ3) is 4.53. The van der Waals surface area contributed by atoms with Crippen molar-refractivity contribution >= 4 is 27.4 Å². The van der Waals surface area contributed by atoms with Gasteiger partial charge < -0.3 is 5.73 Å². The molecule has 6 nitrogen and oxygen atoms in total. The molecule has 0 saturated heterocycles. The Morgan fingerprint density at radius 3 is 2.59 bits per heavy atom. The van der Waals surface area contributed by atoms with Crippen LogP contribution in [0.2, 0.25) is 5.15 Å². The molecular formula is C17H19ClF2N4O2S. The van der Waals surface area contributed by atoms with Gasteiger partial charge in [0.25, 0.3) is 0 Å². The molecule has 2 aromatic rings. The quantitative estimate of drug-likeness (QED) is 0.794. The summed E-state index contributed by atoms with van der Waals surface area (Å²) in [7, 11) is -3.95. The lowest BCUT2D eigenvalue weighted by atomic mass is 9.93. The molecule has 1 aromatic heterocycles. The maximum absolute atomic E-state index is 13.3. The molecule has 1 saturated carbocycles. The van der Waals surface area contributed by atoms with Gasteiger partial charge in [0, 0.05) is 24.4 Å². The number of aryl methyl sites for hydroxylation is 1. The lowest BCUT2D eigenvalue weighted by molar-refractivity contribution is -0.0387. The predicted molar refractivity (Wildman–Crippen MR) is 99.2 cm³/mol. The zero-order valence-corrected chi connectivity index (χ0v) is 16.1. The number of aromatic nitrogens is 2. The SMILES string of the molecule is Cc1ccc(S(=O)(=O)NC2CCC(F)(F)CC2)c(-c2cnc(N)c(Cl)n2)c1. The Morgan fingerprint density at radius 2 is 1.96 bits per heavy atom. The summed E-state index contributed by atoms with van der Waals surface area (Å²) in [6, 6.07) is 4.22. The van der Waals surface area contributed by atoms with E-state index < -0.39 is 22.0 Å². The summed E-state index contributed by atoms with van der Waals surface area (Å²) in [5.41, 5.74) is 6.96. The van der Waals surface area contributed by atoms with E-state index in [1.54, 1.807) is 12.1 Å². The van der Waals surface area contributed by atoms with Crippen LogP contribution in [-0.2, 0) is 10.0 Å². The van der Waals surface area contributed by atoms with E-state index in [1.165, 1.54) is 12.3 Å². The van der Waals surface area contributed by atoms with Gasteiger partial charge in [0.2, 0.25) is 15.9 Å². The second-order valence-electron chi connectivity index (χ2n) is 6.68. The van der Waals surface area contributed by atoms with E-state index in [1.807, 2.05) is 6.92 Å². The Bertz CT molecular complexity index is 959. The lowest BCUT2D eigenvalue weighted by Crippen LogP contribution is -2.40. The van der Waals surface area contributed by atoms with Crippen molar-refractivity contribution in [1.82, 2.24) is 14.7 Å². The molecule has 0 radical (unpaired) electrons. The van der Waals surface area contributed by atoms with Crippen LogP contribution in [0.4, 0.5) is 14.6 Å². The minimum absolute atomic E-state index is 0.0134. The highest BCUT2D eigenvalue weighted by Crippen LogP contribution is 2.34. The van der Waals surface area contributed by atoms with Crippen LogP contribution < -0.4 is 10.5 Å². The molecule has 1 heterocycles. The standard InChI is InChI=1S/C17H19ClF2N4O2S/c1-10-2-3-14(12(8-10)13-9-22-16(21)15(18)23-13)27(25,26)24-11-4-6-17(19,20)7-5-11/h2-3,8-9,11,24H,4-7H2,1H3,(H2,21,22). The Labute approximate surface area is 161 Å². The highest BCUT2D eigenvalue weighted by molar-refractivity contribution is 7.89. The molecule has 1 aliphatic carbocycles. The van der Waals surface area contributed by atoms with E-state index in [0.29, 0.717) is 5.56 Å². The summed E-state index contributed by atoms with van der Waals surface area (Å²) in [6.07, 6.45) is 0.845. The molecule has 3 N–H and O–H groups in total. The predicted octanol–water partition coefficient (Wildman–Crippen LogP) is 3.54. The third-order valence-corrected chi connectivity index (χ3v) is 6.35. The molecule has 27 heavy (non-hydrogen) atoms. The normalized spacial score (nSPS) is 17.8. The van der Waals surface area contributed by atoms with Crippen LogP contribution in [0, 0.1) is 6.92 Å². The second-order valence-corrected chi connectivity index (χ2v) is 8.72. The topological polar surface area (TPSA) is 98.0 Å². The number of sulfonamides is 1. The van der Waals surface area contributed by atoms with Crippen LogP contribution >= 0.6 is 11.6 Å². The van der Waals surface area contributed by atoms with Gasteiger partial charge in [-0.15, -0.1) is 0 Å². The molecule has 1 aliphatic rings. The van der Waals surface area contributed by atoms with Gasteiger partial charge in [-0.25, -0.2) is 31.9 Å². The summed E-state index contributed by atoms with van der Waals surface area (Å²) < 4.78 is 55.0. The number of nitrogens with one attached hydrogen (secondary N) is 1. The highest BCUT2D eigenvalue weighted by Gasteiger charge is 2.36. The first-order chi connectivity index (χ1) is 12.6. The van der Waals surface area contributed by atoms with Gasteiger partial charge in [-0.1, -0.05) is 23.2 Å². The Morgan fingerprint density at radius 1 is 1.30 bits per heavy atom. The van der Waals surface area contributed by atoms with Crippen molar-refractivity contribution in [2.75, 3.05) is 5.73 Å². The molecular weight excluding hydrogens is 398 g/mol. The average Bonchev–Trinajstić information content (AvgIpc) is 2.59. The molecule has 0 bridgehead atoms. The number of halogens is 3. The molecule has 1 fully saturated rings. The van der Waals surface area contributed by atoms with Crippen LogP contribution in [0.15, 0.2) is 29.3 Å². The number of nitrogens with two attached hydrogens (primary N) is 1. The number of nitrogens with zero attached hydrogens (tertiary/aromatic N) is 2. The smallest absolute Gasteiger partial charge is 0.248 e. The third-order valence-electron chi connectivity index (χ3n) is 4.50. The number of rotatable bonds is 4. The van der Waals surface area contributed by atoms with Crippen molar-refractivity contribution in [3.8, 4) is 11.3 Å². The molecule has 146 valence electrons. The van der Waals surface area contributed by atoms with E-state index in [0.717, 1.165) is 5.56 Å². The van der Waals surface area contributed by atoms with Gasteiger partial charge in [0.15, 0.2) is 11.0 Å². The Balaban J connectivity index is 1.95. The minimum atomic E-state index is -3.95. The molecule has 10 heteroatoms. The van der Waals surface area contributed by atoms with Crippen molar-refractivity contribution in [2.45, 2.75) is 49.5 Å². The number of nitrogen functional groups attached to an aromatic ring is 1. The molecule has 1 aromatic carbocycles. The number of hydrogen-bond donors (Lipinski definition) is 2. The number of hydrogen-bond acceptors (Lipinski definition) is 5. The second kappa shape index (κ2) is 7.29. The minimum Gasteiger partial charge on any atom is -0.381 e. The van der Waals surface area contributed by atoms with Gasteiger partial charge >= 0.3 is 0 Å². The first kappa shape index (κ1) is 19.9. The van der Waals surface area contributed by atoms with Crippen LogP contribution in [0.1, 0.15) is 31.2 Å². The van der Waals surface area contributed by atoms with Crippen molar-refractivity contribution < 1.29 is 17.2 Å². The van der Waals surface area contributed by atoms with Gasteiger partial charge in [-0.2, -0.15) is 0 Å². The van der Waals surface area contributed by atoms with Crippen LogP contribution in [0.25, 0.3) is 11.3 Å². The average molecular weight is 417 g/mol. The zero-order chi connectivity index (χ0) is 19.8. The Kier molecular flexibility index (Phi) is 5.38. The van der Waals surface area contributed by atoms with Crippen LogP contribution in [0.3, 0.4) is 0 Å². The largest absolute Gasteiger partial charge is 0.381 e. The fourth-order valence-corrected chi connectivity index (χ4v) is 4.67. The fourth-order valence-electron chi connectivity index (χ4n) is 3.02. The van der Waals surface area contributed by atoms with Crippen molar-refractivity contribution in [3.05, 3.63) is 35.1 Å². The van der Waals surface area contributed by atoms with Crippen molar-refractivity contribution in [3.63, 3.8) is 0 Å². The van der Waals surface area contributed by atoms with Crippen molar-refractivity contribution in [2.24, 2.45) is 0 Å². The van der Waals surface area contributed by atoms with Gasteiger partial charge in [-0.3, -0.25) is 0 Å². The molecule has 3 rings (SSSR count). The zero-order valence-electron chi connectivity index (χ0n) is 14.5. The highest BCUT2D eigenvalue weighted by atomic mass is 35.5. The molecule has 0 atom stereocenters. The maximum atomic E-state index is 13.3. The van der Waals surface area contributed by atoms with E-state index in [4.69, 9.17) is 17.3 Å². The van der Waals surface area contributed by atoms with E-state index in [9.17, 15) is 17.2 Å². The summed E-state index contributed by atoms with van der Waals surface area (Å²) in [6.45, 7) is 1.81. The van der Waals surface area contributed by atoms with Crippen molar-refractivity contribution in [1.29, 1.82) is 0 Å². The first-order valence-corrected chi connectivity index (χ1v) is 10.2. The van der Waals surface area contributed by atoms with E-state index in [-0.39, 0.29) is 47.2 Å². The fraction of sp³-hybridized carbons (Fsp3) is 0.412. The molecule has 0 amide bonds. The van der Waals surface area contributed by atoms with Gasteiger partial charge in [0.1, 0.15) is 0 Å². The van der Waals surface area contributed by atoms with Crippen LogP contribution in [-0.4, -0.2) is 30.4 Å². The van der Waals surface area contributed by atoms with Crippen LogP contribution in [0.5, 0.6) is 0 Å². The molecule has 0 spiro atoms. The van der Waals surface area contributed by atoms with E-state index >= 15 is 0 Å². The lowest BCUT2D eigenvalue weighted by Gasteiger charge is -2.28. The summed E-state index contributed by atoms with van der Waals surface area (Å²) >= 11 is 5.92. The van der Waals surface area contributed by atoms with E-state index in [2.05, 4.69) is 14.7 Å². The maximum Gasteiger partial charge on any atom is 0.248 e. The molecule has 0 unspecified atom stereocenters. The van der Waals surface area contributed by atoms with Gasteiger partial charge in [0.05, 0.1) is 16.8 Å². The summed E-state index contributed by atoms with van der Waals surface area (Å²) in [5, 5.41) is -0.0279. The Hall–Kier alpha value is -1.84. The summed E-state index contributed by atoms with van der Waals surface area (Å²) in [5.74, 6) is -2.69. The number of anilines is 1. The summed E-state index contributed by atoms with van der Waals surface area (Å²) in [4.78, 5) is 8.02. The molecule has 0 aliphatic heterocycles. The monoisotopic (exact) mass is 416 g/mol. The first-order valence-electron chi connectivity index (χ1n) is 8.37. The van der Waals surface area contributed by atoms with Gasteiger partial charge in [-0.05, 0) is 31.9 Å². The number of alkyl halides is 2.